The zero-order valence-corrected chi connectivity index (χ0v) is 10.4. The van der Waals surface area contributed by atoms with E-state index in [1.165, 1.54) is 31.3 Å². The van der Waals surface area contributed by atoms with Gasteiger partial charge in [-0.05, 0) is 42.8 Å². The van der Waals surface area contributed by atoms with Gasteiger partial charge in [0, 0.05) is 6.20 Å². The summed E-state index contributed by atoms with van der Waals surface area (Å²) in [5, 5.41) is 0. The van der Waals surface area contributed by atoms with Crippen LogP contribution in [-0.2, 0) is 10.0 Å². The molecule has 1 aromatic carbocycles. The summed E-state index contributed by atoms with van der Waals surface area (Å²) in [5.74, 6) is -0.245. The summed E-state index contributed by atoms with van der Waals surface area (Å²) in [6, 6.07) is 8.41. The third-order valence-electron chi connectivity index (χ3n) is 2.33. The molecule has 0 bridgehead atoms. The number of hydrogen-bond donors (Lipinski definition) is 1. The lowest BCUT2D eigenvalue weighted by Gasteiger charge is -2.09. The maximum atomic E-state index is 12.9. The maximum Gasteiger partial charge on any atom is 0.263 e. The second kappa shape index (κ2) is 4.73. The van der Waals surface area contributed by atoms with Crippen molar-refractivity contribution in [3.8, 4) is 0 Å². The van der Waals surface area contributed by atoms with Crippen LogP contribution in [0, 0.1) is 12.7 Å². The minimum Gasteiger partial charge on any atom is -0.263 e. The van der Waals surface area contributed by atoms with Crippen LogP contribution in [-0.4, -0.2) is 13.4 Å². The van der Waals surface area contributed by atoms with Crippen LogP contribution in [0.4, 0.5) is 10.2 Å². The second-order valence-corrected chi connectivity index (χ2v) is 5.38. The molecule has 6 heteroatoms. The Kier molecular flexibility index (Phi) is 3.29. The molecule has 0 aliphatic carbocycles. The lowest BCUT2D eigenvalue weighted by molar-refractivity contribution is 0.598. The predicted octanol–water partition coefficient (Wildman–Crippen LogP) is 2.33. The summed E-state index contributed by atoms with van der Waals surface area (Å²) in [6.45, 7) is 1.54. The Morgan fingerprint density at radius 2 is 2.00 bits per heavy atom. The molecule has 0 saturated heterocycles. The van der Waals surface area contributed by atoms with Crippen LogP contribution in [0.3, 0.4) is 0 Å². The summed E-state index contributed by atoms with van der Waals surface area (Å²) in [7, 11) is -3.74. The first-order valence-corrected chi connectivity index (χ1v) is 6.67. The van der Waals surface area contributed by atoms with Crippen molar-refractivity contribution in [2.75, 3.05) is 4.72 Å². The number of nitrogens with one attached hydrogen (secondary N) is 1. The van der Waals surface area contributed by atoms with Crippen LogP contribution in [0.25, 0.3) is 0 Å². The zero-order valence-electron chi connectivity index (χ0n) is 9.59. The quantitative estimate of drug-likeness (QED) is 0.927. The molecular weight excluding hydrogens is 255 g/mol. The van der Waals surface area contributed by atoms with Crippen molar-refractivity contribution >= 4 is 15.8 Å². The molecule has 94 valence electrons. The highest BCUT2D eigenvalue weighted by atomic mass is 32.2. The molecule has 0 saturated carbocycles. The lowest BCUT2D eigenvalue weighted by Crippen LogP contribution is -2.15. The van der Waals surface area contributed by atoms with Crippen LogP contribution >= 0.6 is 0 Å². The monoisotopic (exact) mass is 266 g/mol. The molecule has 2 aromatic rings. The van der Waals surface area contributed by atoms with Crippen molar-refractivity contribution in [2.45, 2.75) is 11.8 Å². The van der Waals surface area contributed by atoms with Gasteiger partial charge in [0.15, 0.2) is 0 Å². The first-order valence-electron chi connectivity index (χ1n) is 5.19. The lowest BCUT2D eigenvalue weighted by atomic mass is 10.2. The Morgan fingerprint density at radius 1 is 1.22 bits per heavy atom. The van der Waals surface area contributed by atoms with E-state index >= 15 is 0 Å². The molecule has 2 rings (SSSR count). The van der Waals surface area contributed by atoms with Gasteiger partial charge in [0.1, 0.15) is 11.6 Å². The van der Waals surface area contributed by atoms with Crippen molar-refractivity contribution in [3.05, 3.63) is 54.0 Å². The summed E-state index contributed by atoms with van der Waals surface area (Å²) in [6.07, 6.45) is 1.48. The number of hydrogen-bond acceptors (Lipinski definition) is 3. The molecule has 1 aromatic heterocycles. The first-order chi connectivity index (χ1) is 8.49. The van der Waals surface area contributed by atoms with E-state index in [1.54, 1.807) is 12.1 Å². The molecular formula is C12H11FN2O2S. The highest BCUT2D eigenvalue weighted by Gasteiger charge is 2.17. The number of aromatic nitrogens is 1. The Hall–Kier alpha value is -1.95. The van der Waals surface area contributed by atoms with E-state index in [9.17, 15) is 12.8 Å². The Balaban J connectivity index is 2.37. The molecule has 0 aliphatic rings. The standard InChI is InChI=1S/C12H11FN2O2S/c1-9-8-10(13)5-6-11(9)18(16,17)15-12-4-2-3-7-14-12/h2-8H,1H3,(H,14,15). The number of nitrogens with zero attached hydrogens (tertiary/aromatic N) is 1. The third-order valence-corrected chi connectivity index (χ3v) is 3.85. The van der Waals surface area contributed by atoms with Gasteiger partial charge < -0.3 is 0 Å². The smallest absolute Gasteiger partial charge is 0.263 e. The highest BCUT2D eigenvalue weighted by Crippen LogP contribution is 2.18. The molecule has 0 unspecified atom stereocenters. The number of pyridine rings is 1. The first kappa shape index (κ1) is 12.5. The van der Waals surface area contributed by atoms with E-state index in [0.29, 0.717) is 5.56 Å². The van der Waals surface area contributed by atoms with Crippen molar-refractivity contribution in [2.24, 2.45) is 0 Å². The SMILES string of the molecule is Cc1cc(F)ccc1S(=O)(=O)Nc1ccccn1. The van der Waals surface area contributed by atoms with Gasteiger partial charge in [0.05, 0.1) is 4.90 Å². The van der Waals surface area contributed by atoms with Crippen LogP contribution in [0.2, 0.25) is 0 Å². The largest absolute Gasteiger partial charge is 0.263 e. The predicted molar refractivity (Wildman–Crippen MR) is 66.2 cm³/mol. The Labute approximate surface area is 105 Å². The van der Waals surface area contributed by atoms with E-state index < -0.39 is 15.8 Å². The minimum atomic E-state index is -3.74. The van der Waals surface area contributed by atoms with Crippen LogP contribution in [0.5, 0.6) is 0 Å². The fourth-order valence-electron chi connectivity index (χ4n) is 1.53. The van der Waals surface area contributed by atoms with Crippen molar-refractivity contribution in [1.29, 1.82) is 0 Å². The summed E-state index contributed by atoms with van der Waals surface area (Å²) >= 11 is 0. The number of halogens is 1. The molecule has 0 amide bonds. The molecule has 0 spiro atoms. The number of anilines is 1. The molecule has 0 radical (unpaired) electrons. The fraction of sp³-hybridized carbons (Fsp3) is 0.0833. The van der Waals surface area contributed by atoms with Crippen LogP contribution < -0.4 is 4.72 Å². The molecule has 1 N–H and O–H groups in total. The third kappa shape index (κ3) is 2.65. The van der Waals surface area contributed by atoms with E-state index in [0.717, 1.165) is 6.07 Å². The van der Waals surface area contributed by atoms with E-state index in [4.69, 9.17) is 0 Å². The zero-order chi connectivity index (χ0) is 13.2. The van der Waals surface area contributed by atoms with Gasteiger partial charge in [0.25, 0.3) is 10.0 Å². The van der Waals surface area contributed by atoms with Gasteiger partial charge in [-0.25, -0.2) is 17.8 Å². The summed E-state index contributed by atoms with van der Waals surface area (Å²) in [5.41, 5.74) is 0.346. The van der Waals surface area contributed by atoms with Gasteiger partial charge in [-0.3, -0.25) is 4.72 Å². The normalized spacial score (nSPS) is 11.2. The fourth-order valence-corrected chi connectivity index (χ4v) is 2.77. The molecule has 1 heterocycles. The summed E-state index contributed by atoms with van der Waals surface area (Å²) < 4.78 is 39.4. The Morgan fingerprint density at radius 3 is 2.61 bits per heavy atom. The average molecular weight is 266 g/mol. The van der Waals surface area contributed by atoms with Gasteiger partial charge in [-0.1, -0.05) is 6.07 Å². The highest BCUT2D eigenvalue weighted by molar-refractivity contribution is 7.92. The maximum absolute atomic E-state index is 12.9. The number of aryl methyl sites for hydroxylation is 1. The van der Waals surface area contributed by atoms with Gasteiger partial charge >= 0.3 is 0 Å². The molecule has 0 atom stereocenters. The van der Waals surface area contributed by atoms with E-state index in [-0.39, 0.29) is 10.7 Å². The minimum absolute atomic E-state index is 0.0366. The molecule has 18 heavy (non-hydrogen) atoms. The van der Waals surface area contributed by atoms with Crippen LogP contribution in [0.15, 0.2) is 47.5 Å². The molecule has 0 fully saturated rings. The number of sulfonamides is 1. The molecule has 4 nitrogen and oxygen atoms in total. The van der Waals surface area contributed by atoms with Gasteiger partial charge in [-0.2, -0.15) is 0 Å². The van der Waals surface area contributed by atoms with Gasteiger partial charge in [0.2, 0.25) is 0 Å². The van der Waals surface area contributed by atoms with Crippen LogP contribution in [0.1, 0.15) is 5.56 Å². The van der Waals surface area contributed by atoms with Crippen molar-refractivity contribution < 1.29 is 12.8 Å². The molecule has 0 aliphatic heterocycles. The topological polar surface area (TPSA) is 59.1 Å². The van der Waals surface area contributed by atoms with Crippen molar-refractivity contribution in [3.63, 3.8) is 0 Å². The van der Waals surface area contributed by atoms with E-state index in [2.05, 4.69) is 9.71 Å². The second-order valence-electron chi connectivity index (χ2n) is 3.73. The number of rotatable bonds is 3. The average Bonchev–Trinajstić information content (AvgIpc) is 2.29. The Bertz CT molecular complexity index is 657. The van der Waals surface area contributed by atoms with E-state index in [1.807, 2.05) is 0 Å². The number of benzene rings is 1. The summed E-state index contributed by atoms with van der Waals surface area (Å²) in [4.78, 5) is 3.91. The van der Waals surface area contributed by atoms with Crippen molar-refractivity contribution in [1.82, 2.24) is 4.98 Å². The van der Waals surface area contributed by atoms with Gasteiger partial charge in [-0.15, -0.1) is 0 Å².